The zero-order valence-electron chi connectivity index (χ0n) is 15.5. The van der Waals surface area contributed by atoms with Gasteiger partial charge in [0.2, 0.25) is 11.8 Å². The van der Waals surface area contributed by atoms with Crippen LogP contribution < -0.4 is 10.1 Å². The highest BCUT2D eigenvalue weighted by Gasteiger charge is 2.18. The Morgan fingerprint density at radius 3 is 2.75 bits per heavy atom. The summed E-state index contributed by atoms with van der Waals surface area (Å²) in [7, 11) is 0. The van der Waals surface area contributed by atoms with Crippen LogP contribution in [0.3, 0.4) is 0 Å². The van der Waals surface area contributed by atoms with Crippen molar-refractivity contribution in [1.29, 1.82) is 0 Å². The monoisotopic (exact) mass is 412 g/mol. The number of pyridine rings is 1. The van der Waals surface area contributed by atoms with Crippen LogP contribution in [-0.4, -0.2) is 26.9 Å². The second kappa shape index (κ2) is 7.33. The topological polar surface area (TPSA) is 77.0 Å². The highest BCUT2D eigenvalue weighted by molar-refractivity contribution is 7.21. The Balaban J connectivity index is 1.76. The standard InChI is InChI=1S/C20H17ClN4O2S/c1-10(2)24-20(26)19-11(3)18-12-4-7-16(25-13(12)5-6-14(18)28-19)27-17-8-15(21)22-9-23-17/h4-10H,1-3H3,(H,24,26). The molecule has 4 aromatic rings. The number of aryl methyl sites for hydroxylation is 1. The summed E-state index contributed by atoms with van der Waals surface area (Å²) in [5, 5.41) is 5.28. The van der Waals surface area contributed by atoms with Crippen molar-refractivity contribution in [3.63, 3.8) is 0 Å². The summed E-state index contributed by atoms with van der Waals surface area (Å²) in [6.45, 7) is 5.87. The second-order valence-corrected chi connectivity index (χ2v) is 8.06. The molecule has 0 saturated carbocycles. The number of halogens is 1. The minimum absolute atomic E-state index is 0.0459. The van der Waals surface area contributed by atoms with Crippen molar-refractivity contribution in [3.05, 3.63) is 52.3 Å². The van der Waals surface area contributed by atoms with Gasteiger partial charge in [-0.05, 0) is 44.5 Å². The molecule has 1 amide bonds. The third kappa shape index (κ3) is 3.50. The van der Waals surface area contributed by atoms with Crippen molar-refractivity contribution in [2.24, 2.45) is 0 Å². The molecule has 0 unspecified atom stereocenters. The molecule has 28 heavy (non-hydrogen) atoms. The van der Waals surface area contributed by atoms with Gasteiger partial charge < -0.3 is 10.1 Å². The van der Waals surface area contributed by atoms with Gasteiger partial charge in [0.15, 0.2) is 0 Å². The molecular formula is C20H17ClN4O2S. The zero-order chi connectivity index (χ0) is 19.8. The Labute approximate surface area is 170 Å². The molecule has 1 aromatic carbocycles. The van der Waals surface area contributed by atoms with Gasteiger partial charge in [-0.15, -0.1) is 11.3 Å². The number of carbonyl (C=O) groups is 1. The van der Waals surface area contributed by atoms with Gasteiger partial charge in [-0.2, -0.15) is 0 Å². The molecule has 0 atom stereocenters. The Kier molecular flexibility index (Phi) is 4.87. The van der Waals surface area contributed by atoms with Crippen LogP contribution in [0.4, 0.5) is 0 Å². The normalized spacial score (nSPS) is 11.3. The first-order chi connectivity index (χ1) is 13.4. The lowest BCUT2D eigenvalue weighted by molar-refractivity contribution is 0.0947. The molecule has 1 N–H and O–H groups in total. The van der Waals surface area contributed by atoms with E-state index in [1.807, 2.05) is 39.0 Å². The number of ether oxygens (including phenoxy) is 1. The van der Waals surface area contributed by atoms with Gasteiger partial charge in [-0.1, -0.05) is 11.6 Å². The highest BCUT2D eigenvalue weighted by Crippen LogP contribution is 2.36. The third-order valence-corrected chi connectivity index (χ3v) is 5.64. The van der Waals surface area contributed by atoms with Gasteiger partial charge in [-0.25, -0.2) is 15.0 Å². The summed E-state index contributed by atoms with van der Waals surface area (Å²) in [6.07, 6.45) is 1.33. The Morgan fingerprint density at radius 1 is 1.18 bits per heavy atom. The first-order valence-corrected chi connectivity index (χ1v) is 9.91. The van der Waals surface area contributed by atoms with Crippen molar-refractivity contribution < 1.29 is 9.53 Å². The molecule has 0 aliphatic heterocycles. The number of hydrogen-bond donors (Lipinski definition) is 1. The lowest BCUT2D eigenvalue weighted by Crippen LogP contribution is -2.29. The van der Waals surface area contributed by atoms with E-state index in [0.717, 1.165) is 31.4 Å². The van der Waals surface area contributed by atoms with Crippen molar-refractivity contribution in [3.8, 4) is 11.8 Å². The number of thiophene rings is 1. The molecule has 6 nitrogen and oxygen atoms in total. The van der Waals surface area contributed by atoms with E-state index in [1.165, 1.54) is 23.7 Å². The van der Waals surface area contributed by atoms with Crippen LogP contribution in [0.25, 0.3) is 21.0 Å². The first kappa shape index (κ1) is 18.6. The number of rotatable bonds is 4. The lowest BCUT2D eigenvalue weighted by Gasteiger charge is -2.07. The van der Waals surface area contributed by atoms with E-state index in [0.29, 0.717) is 16.9 Å². The summed E-state index contributed by atoms with van der Waals surface area (Å²) in [5.74, 6) is 0.690. The quantitative estimate of drug-likeness (QED) is 0.470. The van der Waals surface area contributed by atoms with E-state index in [2.05, 4.69) is 20.3 Å². The number of aromatic nitrogens is 3. The number of benzene rings is 1. The molecule has 0 bridgehead atoms. The summed E-state index contributed by atoms with van der Waals surface area (Å²) >= 11 is 7.36. The molecule has 0 aliphatic rings. The molecule has 3 heterocycles. The Morgan fingerprint density at radius 2 is 2.00 bits per heavy atom. The number of hydrogen-bond acceptors (Lipinski definition) is 6. The van der Waals surface area contributed by atoms with Crippen LogP contribution in [0, 0.1) is 6.92 Å². The predicted octanol–water partition coefficient (Wildman–Crippen LogP) is 5.13. The molecule has 0 spiro atoms. The minimum Gasteiger partial charge on any atom is -0.421 e. The molecule has 0 radical (unpaired) electrons. The van der Waals surface area contributed by atoms with Gasteiger partial charge in [0.25, 0.3) is 5.91 Å². The van der Waals surface area contributed by atoms with Crippen molar-refractivity contribution in [2.45, 2.75) is 26.8 Å². The highest BCUT2D eigenvalue weighted by atomic mass is 35.5. The van der Waals surface area contributed by atoms with Gasteiger partial charge in [-0.3, -0.25) is 4.79 Å². The first-order valence-electron chi connectivity index (χ1n) is 8.71. The van der Waals surface area contributed by atoms with Gasteiger partial charge in [0, 0.05) is 33.6 Å². The third-order valence-electron chi connectivity index (χ3n) is 4.18. The van der Waals surface area contributed by atoms with Crippen LogP contribution >= 0.6 is 22.9 Å². The molecular weight excluding hydrogens is 396 g/mol. The molecule has 142 valence electrons. The SMILES string of the molecule is Cc1c(C(=O)NC(C)C)sc2ccc3nc(Oc4cc(Cl)ncn4)ccc3c12. The van der Waals surface area contributed by atoms with Crippen LogP contribution in [0.15, 0.2) is 36.7 Å². The predicted molar refractivity (Wildman–Crippen MR) is 112 cm³/mol. The second-order valence-electron chi connectivity index (χ2n) is 6.62. The smallest absolute Gasteiger partial charge is 0.261 e. The van der Waals surface area contributed by atoms with Gasteiger partial charge in [0.05, 0.1) is 10.4 Å². The van der Waals surface area contributed by atoms with Crippen molar-refractivity contribution in [2.75, 3.05) is 0 Å². The van der Waals surface area contributed by atoms with E-state index in [4.69, 9.17) is 16.3 Å². The van der Waals surface area contributed by atoms with Crippen LogP contribution in [0.2, 0.25) is 5.15 Å². The Hall–Kier alpha value is -2.77. The van der Waals surface area contributed by atoms with E-state index in [1.54, 1.807) is 6.07 Å². The fraction of sp³-hybridized carbons (Fsp3) is 0.200. The minimum atomic E-state index is -0.0459. The molecule has 4 rings (SSSR count). The van der Waals surface area contributed by atoms with Gasteiger partial charge >= 0.3 is 0 Å². The largest absolute Gasteiger partial charge is 0.421 e. The van der Waals surface area contributed by atoms with E-state index in [-0.39, 0.29) is 11.9 Å². The molecule has 3 aromatic heterocycles. The zero-order valence-corrected chi connectivity index (χ0v) is 17.1. The van der Waals surface area contributed by atoms with Crippen LogP contribution in [0.1, 0.15) is 29.1 Å². The van der Waals surface area contributed by atoms with E-state index < -0.39 is 0 Å². The number of amides is 1. The van der Waals surface area contributed by atoms with E-state index >= 15 is 0 Å². The van der Waals surface area contributed by atoms with Crippen molar-refractivity contribution >= 4 is 49.8 Å². The summed E-state index contributed by atoms with van der Waals surface area (Å²) in [5.41, 5.74) is 1.74. The molecule has 0 saturated heterocycles. The van der Waals surface area contributed by atoms with Crippen molar-refractivity contribution in [1.82, 2.24) is 20.3 Å². The average molecular weight is 413 g/mol. The average Bonchev–Trinajstić information content (AvgIpc) is 2.98. The maximum atomic E-state index is 12.5. The van der Waals surface area contributed by atoms with Gasteiger partial charge in [0.1, 0.15) is 11.5 Å². The number of fused-ring (bicyclic) bond motifs is 3. The summed E-state index contributed by atoms with van der Waals surface area (Å²) in [4.78, 5) is 25.7. The lowest BCUT2D eigenvalue weighted by atomic mass is 10.1. The number of carbonyl (C=O) groups excluding carboxylic acids is 1. The van der Waals surface area contributed by atoms with Crippen LogP contribution in [-0.2, 0) is 0 Å². The molecule has 8 heteroatoms. The summed E-state index contributed by atoms with van der Waals surface area (Å²) < 4.78 is 6.74. The molecule has 0 aliphatic carbocycles. The molecule has 0 fully saturated rings. The maximum Gasteiger partial charge on any atom is 0.261 e. The van der Waals surface area contributed by atoms with Crippen LogP contribution in [0.5, 0.6) is 11.8 Å². The maximum absolute atomic E-state index is 12.5. The van der Waals surface area contributed by atoms with E-state index in [9.17, 15) is 4.79 Å². The fourth-order valence-corrected chi connectivity index (χ4v) is 4.28. The number of nitrogens with one attached hydrogen (secondary N) is 1. The Bertz CT molecular complexity index is 1210. The summed E-state index contributed by atoms with van der Waals surface area (Å²) in [6, 6.07) is 9.26. The fourth-order valence-electron chi connectivity index (χ4n) is 3.02. The number of nitrogens with zero attached hydrogens (tertiary/aromatic N) is 3.